The summed E-state index contributed by atoms with van der Waals surface area (Å²) < 4.78 is 9.14. The van der Waals surface area contributed by atoms with Gasteiger partial charge in [-0.3, -0.25) is 0 Å². The molecule has 0 unspecified atom stereocenters. The maximum atomic E-state index is 11.5. The topological polar surface area (TPSA) is 78.4 Å². The third kappa shape index (κ3) is 2.00. The molecule has 0 N–H and O–H groups in total. The largest absolute Gasteiger partial charge is 0.465 e. The highest BCUT2D eigenvalue weighted by molar-refractivity contribution is 5.97. The predicted octanol–water partition coefficient (Wildman–Crippen LogP) is 0.667. The molecule has 1 aromatic rings. The Morgan fingerprint density at radius 1 is 1.00 bits per heavy atom. The summed E-state index contributed by atoms with van der Waals surface area (Å²) in [5.41, 5.74) is 1.09. The van der Waals surface area contributed by atoms with E-state index in [0.717, 1.165) is 0 Å². The first kappa shape index (κ1) is 12.1. The molecule has 1 heterocycles. The molecule has 0 radical (unpaired) electrons. The Balaban J connectivity index is 3.38. The van der Waals surface area contributed by atoms with Gasteiger partial charge < -0.3 is 9.47 Å². The molecular weight excluding hydrogens is 212 g/mol. The van der Waals surface area contributed by atoms with Crippen molar-refractivity contribution in [3.8, 4) is 0 Å². The van der Waals surface area contributed by atoms with E-state index >= 15 is 0 Å². The molecule has 0 atom stereocenters. The summed E-state index contributed by atoms with van der Waals surface area (Å²) in [6.07, 6.45) is 0. The van der Waals surface area contributed by atoms with Crippen LogP contribution >= 0.6 is 0 Å². The fourth-order valence-electron chi connectivity index (χ4n) is 1.33. The average molecular weight is 224 g/mol. The van der Waals surface area contributed by atoms with E-state index < -0.39 is 11.9 Å². The zero-order valence-electron chi connectivity index (χ0n) is 9.53. The molecule has 0 aliphatic carbocycles. The molecule has 0 saturated heterocycles. The summed E-state index contributed by atoms with van der Waals surface area (Å²) >= 11 is 0. The highest BCUT2D eigenvalue weighted by Gasteiger charge is 2.21. The zero-order valence-corrected chi connectivity index (χ0v) is 9.53. The van der Waals surface area contributed by atoms with Crippen molar-refractivity contribution in [1.29, 1.82) is 0 Å². The Morgan fingerprint density at radius 2 is 1.56 bits per heavy atom. The van der Waals surface area contributed by atoms with Gasteiger partial charge >= 0.3 is 11.9 Å². The maximum Gasteiger partial charge on any atom is 0.358 e. The van der Waals surface area contributed by atoms with Gasteiger partial charge in [0.25, 0.3) is 0 Å². The minimum absolute atomic E-state index is 0.0218. The summed E-state index contributed by atoms with van der Waals surface area (Å²) in [5.74, 6) is -1.18. The van der Waals surface area contributed by atoms with E-state index in [1.165, 1.54) is 14.2 Å². The van der Waals surface area contributed by atoms with Crippen LogP contribution in [0.25, 0.3) is 0 Å². The molecular formula is C10H12N2O4. The first-order valence-corrected chi connectivity index (χ1v) is 4.53. The SMILES string of the molecule is COC(=O)c1nnc(C)c(C(=O)OC)c1C. The van der Waals surface area contributed by atoms with Crippen molar-refractivity contribution in [3.05, 3.63) is 22.5 Å². The number of hydrogen-bond donors (Lipinski definition) is 0. The Kier molecular flexibility index (Phi) is 3.55. The van der Waals surface area contributed by atoms with Gasteiger partial charge in [0.2, 0.25) is 0 Å². The second-order valence-electron chi connectivity index (χ2n) is 3.12. The molecule has 0 bridgehead atoms. The number of hydrogen-bond acceptors (Lipinski definition) is 6. The lowest BCUT2D eigenvalue weighted by molar-refractivity contribution is 0.0589. The molecule has 6 heteroatoms. The second-order valence-corrected chi connectivity index (χ2v) is 3.12. The molecule has 0 saturated carbocycles. The van der Waals surface area contributed by atoms with Crippen LogP contribution in [0.1, 0.15) is 32.1 Å². The fourth-order valence-corrected chi connectivity index (χ4v) is 1.33. The van der Waals surface area contributed by atoms with Gasteiger partial charge in [0, 0.05) is 5.56 Å². The molecule has 0 aliphatic heterocycles. The monoisotopic (exact) mass is 224 g/mol. The fraction of sp³-hybridized carbons (Fsp3) is 0.400. The van der Waals surface area contributed by atoms with Gasteiger partial charge in [-0.05, 0) is 13.8 Å². The van der Waals surface area contributed by atoms with Crippen LogP contribution in [0, 0.1) is 13.8 Å². The van der Waals surface area contributed by atoms with E-state index in [9.17, 15) is 9.59 Å². The summed E-state index contributed by atoms with van der Waals surface area (Å²) in [5, 5.41) is 7.42. The normalized spacial score (nSPS) is 9.75. The number of esters is 2. The van der Waals surface area contributed by atoms with Crippen molar-refractivity contribution in [3.63, 3.8) is 0 Å². The van der Waals surface area contributed by atoms with Crippen LogP contribution in [0.4, 0.5) is 0 Å². The van der Waals surface area contributed by atoms with E-state index in [2.05, 4.69) is 19.7 Å². The van der Waals surface area contributed by atoms with Crippen LogP contribution in [-0.4, -0.2) is 36.4 Å². The molecule has 0 aromatic carbocycles. The lowest BCUT2D eigenvalue weighted by atomic mass is 10.1. The summed E-state index contributed by atoms with van der Waals surface area (Å²) in [7, 11) is 2.50. The number of nitrogens with zero attached hydrogens (tertiary/aromatic N) is 2. The van der Waals surface area contributed by atoms with Gasteiger partial charge in [0.15, 0.2) is 5.69 Å². The third-order valence-corrected chi connectivity index (χ3v) is 2.16. The minimum atomic E-state index is -0.629. The van der Waals surface area contributed by atoms with Crippen LogP contribution in [-0.2, 0) is 9.47 Å². The average Bonchev–Trinajstić information content (AvgIpc) is 2.28. The maximum absolute atomic E-state index is 11.5. The van der Waals surface area contributed by atoms with Crippen molar-refractivity contribution in [2.45, 2.75) is 13.8 Å². The van der Waals surface area contributed by atoms with Crippen molar-refractivity contribution >= 4 is 11.9 Å². The smallest absolute Gasteiger partial charge is 0.358 e. The van der Waals surface area contributed by atoms with Crippen LogP contribution in [0.3, 0.4) is 0 Å². The standard InChI is InChI=1S/C10H12N2O4/c1-5-7(9(13)15-3)6(2)11-12-8(5)10(14)16-4/h1-4H3. The summed E-state index contributed by atoms with van der Waals surface area (Å²) in [6.45, 7) is 3.22. The van der Waals surface area contributed by atoms with Gasteiger partial charge in [-0.15, -0.1) is 5.10 Å². The first-order chi connectivity index (χ1) is 7.52. The van der Waals surface area contributed by atoms with E-state index in [4.69, 9.17) is 0 Å². The minimum Gasteiger partial charge on any atom is -0.465 e. The number of aryl methyl sites for hydroxylation is 1. The van der Waals surface area contributed by atoms with Gasteiger partial charge in [-0.2, -0.15) is 5.10 Å². The molecule has 0 aliphatic rings. The number of methoxy groups -OCH3 is 2. The number of carbonyl (C=O) groups excluding carboxylic acids is 2. The van der Waals surface area contributed by atoms with Crippen molar-refractivity contribution in [2.75, 3.05) is 14.2 Å². The molecule has 0 fully saturated rings. The van der Waals surface area contributed by atoms with Crippen molar-refractivity contribution in [2.24, 2.45) is 0 Å². The van der Waals surface area contributed by atoms with Gasteiger partial charge in [0.1, 0.15) is 0 Å². The lowest BCUT2D eigenvalue weighted by Gasteiger charge is -2.08. The predicted molar refractivity (Wildman–Crippen MR) is 54.2 cm³/mol. The summed E-state index contributed by atoms with van der Waals surface area (Å²) in [6, 6.07) is 0. The second kappa shape index (κ2) is 4.69. The van der Waals surface area contributed by atoms with Crippen LogP contribution in [0.5, 0.6) is 0 Å². The highest BCUT2D eigenvalue weighted by atomic mass is 16.5. The third-order valence-electron chi connectivity index (χ3n) is 2.16. The van der Waals surface area contributed by atoms with Crippen molar-refractivity contribution < 1.29 is 19.1 Å². The number of rotatable bonds is 2. The molecule has 6 nitrogen and oxygen atoms in total. The van der Waals surface area contributed by atoms with Crippen LogP contribution in [0.15, 0.2) is 0 Å². The van der Waals surface area contributed by atoms with E-state index in [1.54, 1.807) is 13.8 Å². The van der Waals surface area contributed by atoms with Gasteiger partial charge in [-0.1, -0.05) is 0 Å². The number of ether oxygens (including phenoxy) is 2. The van der Waals surface area contributed by atoms with Gasteiger partial charge in [-0.25, -0.2) is 9.59 Å². The van der Waals surface area contributed by atoms with Gasteiger partial charge in [0.05, 0.1) is 25.5 Å². The Labute approximate surface area is 92.6 Å². The van der Waals surface area contributed by atoms with E-state index in [-0.39, 0.29) is 11.3 Å². The first-order valence-electron chi connectivity index (χ1n) is 4.53. The number of aromatic nitrogens is 2. The quantitative estimate of drug-likeness (QED) is 0.687. The molecule has 86 valence electrons. The van der Waals surface area contributed by atoms with E-state index in [1.807, 2.05) is 0 Å². The molecule has 0 amide bonds. The van der Waals surface area contributed by atoms with E-state index in [0.29, 0.717) is 11.3 Å². The Bertz CT molecular complexity index is 443. The lowest BCUT2D eigenvalue weighted by Crippen LogP contribution is -2.16. The molecule has 16 heavy (non-hydrogen) atoms. The van der Waals surface area contributed by atoms with Crippen molar-refractivity contribution in [1.82, 2.24) is 10.2 Å². The zero-order chi connectivity index (χ0) is 12.3. The molecule has 0 spiro atoms. The molecule has 1 aromatic heterocycles. The van der Waals surface area contributed by atoms with Crippen LogP contribution < -0.4 is 0 Å². The summed E-state index contributed by atoms with van der Waals surface area (Å²) in [4.78, 5) is 22.8. The van der Waals surface area contributed by atoms with Crippen LogP contribution in [0.2, 0.25) is 0 Å². The number of carbonyl (C=O) groups is 2. The Hall–Kier alpha value is -1.98. The highest BCUT2D eigenvalue weighted by Crippen LogP contribution is 2.15. The Morgan fingerprint density at radius 3 is 2.06 bits per heavy atom. The molecule has 1 rings (SSSR count).